The van der Waals surface area contributed by atoms with Crippen LogP contribution in [0, 0.1) is 20.8 Å². The number of aromatic nitrogens is 3. The van der Waals surface area contributed by atoms with Gasteiger partial charge < -0.3 is 5.32 Å². The van der Waals surface area contributed by atoms with Gasteiger partial charge in [-0.1, -0.05) is 48.0 Å². The Morgan fingerprint density at radius 3 is 2.47 bits per heavy atom. The molecule has 8 heteroatoms. The molecule has 158 valence electrons. The molecule has 0 fully saturated rings. The lowest BCUT2D eigenvalue weighted by Crippen LogP contribution is -2.27. The van der Waals surface area contributed by atoms with Crippen molar-refractivity contribution in [3.63, 3.8) is 0 Å². The van der Waals surface area contributed by atoms with Crippen molar-refractivity contribution in [1.82, 2.24) is 20.3 Å². The van der Waals surface area contributed by atoms with Gasteiger partial charge in [0.25, 0.3) is 5.91 Å². The zero-order valence-electron chi connectivity index (χ0n) is 17.4. The quantitative estimate of drug-likeness (QED) is 0.559. The number of carbonyl (C=O) groups is 1. The van der Waals surface area contributed by atoms with Crippen LogP contribution in [0.25, 0.3) is 5.69 Å². The van der Waals surface area contributed by atoms with Gasteiger partial charge in [-0.25, -0.2) is 8.42 Å². The summed E-state index contributed by atoms with van der Waals surface area (Å²) in [4.78, 5) is 13.9. The van der Waals surface area contributed by atoms with E-state index < -0.39 is 9.84 Å². The van der Waals surface area contributed by atoms with Crippen LogP contribution in [0.3, 0.4) is 0 Å². The van der Waals surface area contributed by atoms with Crippen molar-refractivity contribution >= 4 is 15.7 Å². The summed E-state index contributed by atoms with van der Waals surface area (Å²) in [6, 6.07) is 15.0. The van der Waals surface area contributed by atoms with Crippen molar-refractivity contribution in [2.45, 2.75) is 32.9 Å². The average molecular weight is 427 g/mol. The third kappa shape index (κ3) is 5.54. The van der Waals surface area contributed by atoms with E-state index in [2.05, 4.69) is 15.5 Å². The Labute approximate surface area is 177 Å². The van der Waals surface area contributed by atoms with Crippen LogP contribution in [0.5, 0.6) is 0 Å². The predicted octanol–water partition coefficient (Wildman–Crippen LogP) is 2.93. The number of sulfone groups is 1. The Balaban J connectivity index is 1.56. The molecule has 1 aromatic heterocycles. The van der Waals surface area contributed by atoms with Gasteiger partial charge in [0.05, 0.1) is 22.9 Å². The first kappa shape index (κ1) is 21.7. The molecular formula is C22H26N4O3S. The van der Waals surface area contributed by atoms with Crippen LogP contribution >= 0.6 is 0 Å². The van der Waals surface area contributed by atoms with E-state index in [-0.39, 0.29) is 29.7 Å². The number of benzene rings is 2. The summed E-state index contributed by atoms with van der Waals surface area (Å²) in [6.07, 6.45) is 0.338. The Morgan fingerprint density at radius 2 is 1.77 bits per heavy atom. The number of nitrogens with zero attached hydrogens (tertiary/aromatic N) is 3. The molecule has 1 amide bonds. The molecule has 0 saturated heterocycles. The second-order valence-corrected chi connectivity index (χ2v) is 9.58. The van der Waals surface area contributed by atoms with Crippen molar-refractivity contribution in [3.8, 4) is 5.69 Å². The molecule has 2 aromatic carbocycles. The van der Waals surface area contributed by atoms with Crippen LogP contribution < -0.4 is 5.32 Å². The zero-order chi connectivity index (χ0) is 21.7. The van der Waals surface area contributed by atoms with E-state index in [9.17, 15) is 13.2 Å². The smallest absolute Gasteiger partial charge is 0.273 e. The molecular weight excluding hydrogens is 400 g/mol. The van der Waals surface area contributed by atoms with E-state index in [4.69, 9.17) is 0 Å². The number of hydrogen-bond acceptors (Lipinski definition) is 5. The summed E-state index contributed by atoms with van der Waals surface area (Å²) >= 11 is 0. The van der Waals surface area contributed by atoms with Gasteiger partial charge >= 0.3 is 0 Å². The normalized spacial score (nSPS) is 11.4. The van der Waals surface area contributed by atoms with Gasteiger partial charge in [-0.3, -0.25) is 4.79 Å². The number of amides is 1. The van der Waals surface area contributed by atoms with Crippen LogP contribution in [0.15, 0.2) is 48.5 Å². The monoisotopic (exact) mass is 426 g/mol. The van der Waals surface area contributed by atoms with E-state index >= 15 is 0 Å². The van der Waals surface area contributed by atoms with Gasteiger partial charge in [0, 0.05) is 6.54 Å². The van der Waals surface area contributed by atoms with Crippen LogP contribution in [-0.4, -0.2) is 41.6 Å². The first-order valence-corrected chi connectivity index (χ1v) is 11.6. The molecule has 1 heterocycles. The maximum absolute atomic E-state index is 12.5. The molecule has 3 rings (SSSR count). The number of aryl methyl sites for hydroxylation is 3. The van der Waals surface area contributed by atoms with Gasteiger partial charge in [-0.2, -0.15) is 9.90 Å². The minimum absolute atomic E-state index is 0.00508. The highest BCUT2D eigenvalue weighted by atomic mass is 32.2. The van der Waals surface area contributed by atoms with Crippen LogP contribution in [0.2, 0.25) is 0 Å². The highest BCUT2D eigenvalue weighted by Crippen LogP contribution is 2.15. The molecule has 0 aliphatic rings. The fourth-order valence-corrected chi connectivity index (χ4v) is 4.63. The summed E-state index contributed by atoms with van der Waals surface area (Å²) < 4.78 is 24.5. The lowest BCUT2D eigenvalue weighted by Gasteiger charge is -2.06. The summed E-state index contributed by atoms with van der Waals surface area (Å²) in [7, 11) is -3.23. The molecule has 0 saturated carbocycles. The lowest BCUT2D eigenvalue weighted by molar-refractivity contribution is 0.0947. The number of nitrogens with one attached hydrogen (secondary N) is 1. The molecule has 0 aliphatic heterocycles. The molecule has 0 unspecified atom stereocenters. The summed E-state index contributed by atoms with van der Waals surface area (Å²) in [5.41, 5.74) is 4.49. The third-order valence-corrected chi connectivity index (χ3v) is 6.40. The number of hydrogen-bond donors (Lipinski definition) is 1. The maximum Gasteiger partial charge on any atom is 0.273 e. The Bertz CT molecular complexity index is 1140. The molecule has 1 N–H and O–H groups in total. The molecule has 3 aromatic rings. The highest BCUT2D eigenvalue weighted by molar-refractivity contribution is 7.90. The predicted molar refractivity (Wildman–Crippen MR) is 116 cm³/mol. The highest BCUT2D eigenvalue weighted by Gasteiger charge is 2.17. The van der Waals surface area contributed by atoms with Crippen molar-refractivity contribution < 1.29 is 13.2 Å². The standard InChI is InChI=1S/C22H26N4O3S/c1-16-10-11-20(17(2)14-16)26-24-18(3)21(25-26)22(27)23-12-7-13-30(28,29)15-19-8-5-4-6-9-19/h4-6,8-11,14H,7,12-13,15H2,1-3H3,(H,23,27). The van der Waals surface area contributed by atoms with Gasteiger partial charge in [-0.05, 0) is 44.4 Å². The summed E-state index contributed by atoms with van der Waals surface area (Å²) in [5.74, 6) is -0.342. The third-order valence-electron chi connectivity index (χ3n) is 4.71. The molecule has 30 heavy (non-hydrogen) atoms. The number of carbonyl (C=O) groups excluding carboxylic acids is 1. The van der Waals surface area contributed by atoms with Crippen LogP contribution in [-0.2, 0) is 15.6 Å². The van der Waals surface area contributed by atoms with Gasteiger partial charge in [0.1, 0.15) is 0 Å². The molecule has 0 aliphatic carbocycles. The summed E-state index contributed by atoms with van der Waals surface area (Å²) in [6.45, 7) is 5.96. The average Bonchev–Trinajstić information content (AvgIpc) is 3.07. The van der Waals surface area contributed by atoms with Crippen molar-refractivity contribution in [2.24, 2.45) is 0 Å². The fraction of sp³-hybridized carbons (Fsp3) is 0.318. The van der Waals surface area contributed by atoms with Crippen LogP contribution in [0.1, 0.15) is 39.3 Å². The Hall–Kier alpha value is -3.00. The van der Waals surface area contributed by atoms with Gasteiger partial charge in [0.2, 0.25) is 0 Å². The minimum Gasteiger partial charge on any atom is -0.351 e. The van der Waals surface area contributed by atoms with E-state index in [0.717, 1.165) is 22.4 Å². The SMILES string of the molecule is Cc1ccc(-n2nc(C)c(C(=O)NCCCS(=O)(=O)Cc3ccccc3)n2)c(C)c1. The second-order valence-electron chi connectivity index (χ2n) is 7.40. The van der Waals surface area contributed by atoms with Crippen LogP contribution in [0.4, 0.5) is 0 Å². The van der Waals surface area contributed by atoms with Crippen molar-refractivity contribution in [2.75, 3.05) is 12.3 Å². The molecule has 0 atom stereocenters. The maximum atomic E-state index is 12.5. The molecule has 0 radical (unpaired) electrons. The molecule has 7 nitrogen and oxygen atoms in total. The molecule has 0 bridgehead atoms. The Morgan fingerprint density at radius 1 is 1.03 bits per heavy atom. The largest absolute Gasteiger partial charge is 0.351 e. The summed E-state index contributed by atoms with van der Waals surface area (Å²) in [5, 5.41) is 11.4. The van der Waals surface area contributed by atoms with Crippen molar-refractivity contribution in [3.05, 3.63) is 76.6 Å². The van der Waals surface area contributed by atoms with E-state index in [1.165, 1.54) is 4.80 Å². The fourth-order valence-electron chi connectivity index (χ4n) is 3.20. The molecule has 0 spiro atoms. The van der Waals surface area contributed by atoms with E-state index in [0.29, 0.717) is 12.1 Å². The van der Waals surface area contributed by atoms with Gasteiger partial charge in [-0.15, -0.1) is 5.10 Å². The minimum atomic E-state index is -3.23. The second kappa shape index (κ2) is 9.21. The Kier molecular flexibility index (Phi) is 6.66. The van der Waals surface area contributed by atoms with E-state index in [1.807, 2.05) is 50.2 Å². The number of rotatable bonds is 8. The first-order valence-electron chi connectivity index (χ1n) is 9.79. The van der Waals surface area contributed by atoms with Gasteiger partial charge in [0.15, 0.2) is 15.5 Å². The topological polar surface area (TPSA) is 94.0 Å². The zero-order valence-corrected chi connectivity index (χ0v) is 18.2. The first-order chi connectivity index (χ1) is 14.2. The lowest BCUT2D eigenvalue weighted by atomic mass is 10.1. The van der Waals surface area contributed by atoms with E-state index in [1.54, 1.807) is 19.1 Å². The van der Waals surface area contributed by atoms with Crippen molar-refractivity contribution in [1.29, 1.82) is 0 Å².